The predicted molar refractivity (Wildman–Crippen MR) is 133 cm³/mol. The number of allylic oxidation sites excluding steroid dienone is 1. The van der Waals surface area contributed by atoms with Gasteiger partial charge in [-0.25, -0.2) is 4.98 Å². The van der Waals surface area contributed by atoms with Crippen LogP contribution < -0.4 is 9.64 Å². The SMILES string of the molecule is C=C(C(c1ccccc1)n1cnc2[nH]ncc2c1=S)N1CCN(c2ccc(OC)cc2)CC1. The highest BCUT2D eigenvalue weighted by atomic mass is 32.1. The van der Waals surface area contributed by atoms with E-state index in [0.29, 0.717) is 10.3 Å². The number of fused-ring (bicyclic) bond motifs is 1. The number of hydrogen-bond acceptors (Lipinski definition) is 6. The van der Waals surface area contributed by atoms with E-state index >= 15 is 0 Å². The average molecular weight is 459 g/mol. The Morgan fingerprint density at radius 3 is 2.48 bits per heavy atom. The molecule has 3 heterocycles. The molecule has 0 saturated carbocycles. The molecule has 0 aliphatic carbocycles. The molecule has 7 nitrogen and oxygen atoms in total. The number of rotatable bonds is 6. The molecule has 33 heavy (non-hydrogen) atoms. The molecule has 1 unspecified atom stereocenters. The molecule has 0 amide bonds. The van der Waals surface area contributed by atoms with Crippen LogP contribution in [0.5, 0.6) is 5.75 Å². The average Bonchev–Trinajstić information content (AvgIpc) is 3.36. The topological polar surface area (TPSA) is 62.2 Å². The lowest BCUT2D eigenvalue weighted by atomic mass is 10.0. The van der Waals surface area contributed by atoms with Crippen LogP contribution >= 0.6 is 12.2 Å². The first kappa shape index (κ1) is 21.2. The molecule has 1 atom stereocenters. The Balaban J connectivity index is 1.41. The Labute approximate surface area is 197 Å². The van der Waals surface area contributed by atoms with Crippen LogP contribution in [0, 0.1) is 4.64 Å². The minimum absolute atomic E-state index is 0.141. The minimum atomic E-state index is -0.141. The fraction of sp³-hybridized carbons (Fsp3) is 0.240. The van der Waals surface area contributed by atoms with E-state index in [0.717, 1.165) is 48.6 Å². The molecule has 168 valence electrons. The number of benzene rings is 2. The Kier molecular flexibility index (Phi) is 5.83. The zero-order valence-electron chi connectivity index (χ0n) is 18.5. The minimum Gasteiger partial charge on any atom is -0.497 e. The highest BCUT2D eigenvalue weighted by Crippen LogP contribution is 2.31. The zero-order valence-corrected chi connectivity index (χ0v) is 19.3. The van der Waals surface area contributed by atoms with Crippen molar-refractivity contribution in [3.8, 4) is 5.75 Å². The van der Waals surface area contributed by atoms with Crippen LogP contribution in [0.4, 0.5) is 5.69 Å². The summed E-state index contributed by atoms with van der Waals surface area (Å²) in [5.74, 6) is 0.872. The van der Waals surface area contributed by atoms with Crippen LogP contribution in [0.25, 0.3) is 11.0 Å². The molecule has 0 radical (unpaired) electrons. The fourth-order valence-corrected chi connectivity index (χ4v) is 4.70. The lowest BCUT2D eigenvalue weighted by Crippen LogP contribution is -2.47. The van der Waals surface area contributed by atoms with Gasteiger partial charge in [-0.05, 0) is 29.8 Å². The molecule has 2 aromatic carbocycles. The summed E-state index contributed by atoms with van der Waals surface area (Å²) in [4.78, 5) is 9.30. The third-order valence-electron chi connectivity index (χ3n) is 6.23. The third-order valence-corrected chi connectivity index (χ3v) is 6.66. The van der Waals surface area contributed by atoms with E-state index in [-0.39, 0.29) is 6.04 Å². The quantitative estimate of drug-likeness (QED) is 0.432. The first-order valence-electron chi connectivity index (χ1n) is 10.9. The molecule has 1 aliphatic heterocycles. The molecule has 1 saturated heterocycles. The number of aromatic amines is 1. The summed E-state index contributed by atoms with van der Waals surface area (Å²) in [6.45, 7) is 8.12. The number of ether oxygens (including phenoxy) is 1. The third kappa shape index (κ3) is 4.09. The number of nitrogens with one attached hydrogen (secondary N) is 1. The molecule has 1 N–H and O–H groups in total. The maximum Gasteiger partial charge on any atom is 0.159 e. The lowest BCUT2D eigenvalue weighted by Gasteiger charge is -2.40. The molecule has 2 aromatic heterocycles. The highest BCUT2D eigenvalue weighted by molar-refractivity contribution is 7.71. The van der Waals surface area contributed by atoms with Crippen molar-refractivity contribution in [1.82, 2.24) is 24.6 Å². The van der Waals surface area contributed by atoms with Gasteiger partial charge >= 0.3 is 0 Å². The van der Waals surface area contributed by atoms with Crippen molar-refractivity contribution in [3.63, 3.8) is 0 Å². The zero-order chi connectivity index (χ0) is 22.8. The number of piperazine rings is 1. The number of aromatic nitrogens is 4. The van der Waals surface area contributed by atoms with Crippen LogP contribution in [-0.2, 0) is 0 Å². The lowest BCUT2D eigenvalue weighted by molar-refractivity contribution is 0.294. The Morgan fingerprint density at radius 1 is 1.06 bits per heavy atom. The molecule has 1 aliphatic rings. The first-order valence-corrected chi connectivity index (χ1v) is 11.3. The summed E-state index contributed by atoms with van der Waals surface area (Å²) in [6.07, 6.45) is 3.53. The second kappa shape index (κ2) is 9.07. The molecule has 1 fully saturated rings. The van der Waals surface area contributed by atoms with E-state index in [9.17, 15) is 0 Å². The van der Waals surface area contributed by atoms with Gasteiger partial charge in [0, 0.05) is 37.6 Å². The van der Waals surface area contributed by atoms with Crippen molar-refractivity contribution >= 4 is 28.9 Å². The van der Waals surface area contributed by atoms with Gasteiger partial charge in [0.1, 0.15) is 16.4 Å². The van der Waals surface area contributed by atoms with Crippen LogP contribution in [0.3, 0.4) is 0 Å². The van der Waals surface area contributed by atoms with Crippen molar-refractivity contribution in [2.45, 2.75) is 6.04 Å². The maximum absolute atomic E-state index is 5.83. The normalized spacial score (nSPS) is 14.9. The van der Waals surface area contributed by atoms with Gasteiger partial charge < -0.3 is 19.1 Å². The molecular weight excluding hydrogens is 432 g/mol. The van der Waals surface area contributed by atoms with Crippen molar-refractivity contribution in [2.75, 3.05) is 38.2 Å². The maximum atomic E-state index is 5.83. The monoisotopic (exact) mass is 458 g/mol. The fourth-order valence-electron chi connectivity index (χ4n) is 4.40. The van der Waals surface area contributed by atoms with Crippen molar-refractivity contribution in [2.24, 2.45) is 0 Å². The number of H-pyrrole nitrogens is 1. The van der Waals surface area contributed by atoms with E-state index in [1.807, 2.05) is 34.9 Å². The van der Waals surface area contributed by atoms with E-state index in [4.69, 9.17) is 17.0 Å². The van der Waals surface area contributed by atoms with Crippen molar-refractivity contribution < 1.29 is 4.74 Å². The van der Waals surface area contributed by atoms with Gasteiger partial charge in [-0.2, -0.15) is 5.10 Å². The van der Waals surface area contributed by atoms with Gasteiger partial charge in [-0.15, -0.1) is 0 Å². The summed E-state index contributed by atoms with van der Waals surface area (Å²) < 4.78 is 8.01. The summed E-state index contributed by atoms with van der Waals surface area (Å²) >= 11 is 5.83. The Bertz CT molecular complexity index is 1310. The number of anilines is 1. The van der Waals surface area contributed by atoms with Gasteiger partial charge in [0.05, 0.1) is 25.0 Å². The van der Waals surface area contributed by atoms with E-state index in [2.05, 4.69) is 55.8 Å². The van der Waals surface area contributed by atoms with Crippen LogP contribution in [0.2, 0.25) is 0 Å². The summed E-state index contributed by atoms with van der Waals surface area (Å²) in [7, 11) is 1.69. The van der Waals surface area contributed by atoms with Gasteiger partial charge in [-0.1, -0.05) is 49.1 Å². The van der Waals surface area contributed by atoms with E-state index in [1.165, 1.54) is 5.69 Å². The number of hydrogen-bond donors (Lipinski definition) is 1. The summed E-state index contributed by atoms with van der Waals surface area (Å²) in [6, 6.07) is 18.4. The van der Waals surface area contributed by atoms with Gasteiger partial charge in [0.2, 0.25) is 0 Å². The second-order valence-corrected chi connectivity index (χ2v) is 8.45. The molecule has 4 aromatic rings. The van der Waals surface area contributed by atoms with Crippen molar-refractivity contribution in [3.05, 3.63) is 89.6 Å². The number of methoxy groups -OCH3 is 1. The smallest absolute Gasteiger partial charge is 0.159 e. The largest absolute Gasteiger partial charge is 0.497 e. The van der Waals surface area contributed by atoms with Gasteiger partial charge in [-0.3, -0.25) is 5.10 Å². The van der Waals surface area contributed by atoms with E-state index in [1.54, 1.807) is 19.6 Å². The summed E-state index contributed by atoms with van der Waals surface area (Å²) in [5, 5.41) is 7.84. The van der Waals surface area contributed by atoms with Gasteiger partial charge in [0.15, 0.2) is 5.65 Å². The molecule has 5 rings (SSSR count). The molecule has 0 bridgehead atoms. The molecule has 0 spiro atoms. The van der Waals surface area contributed by atoms with Crippen LogP contribution in [0.1, 0.15) is 11.6 Å². The van der Waals surface area contributed by atoms with Crippen molar-refractivity contribution in [1.29, 1.82) is 0 Å². The second-order valence-electron chi connectivity index (χ2n) is 8.07. The first-order chi connectivity index (χ1) is 16.2. The van der Waals surface area contributed by atoms with Gasteiger partial charge in [0.25, 0.3) is 0 Å². The molecular formula is C25H26N6OS. The standard InChI is InChI=1S/C25H26N6OS/c1-18(29-12-14-30(15-13-29)20-8-10-21(32-2)11-9-20)23(19-6-4-3-5-7-19)31-17-26-24-22(25(31)33)16-27-28-24/h3-11,16-17,23H,1,12-15H2,2H3,(H,27,28). The Morgan fingerprint density at radius 2 is 1.79 bits per heavy atom. The number of nitrogens with zero attached hydrogens (tertiary/aromatic N) is 5. The van der Waals surface area contributed by atoms with Crippen LogP contribution in [0.15, 0.2) is 79.4 Å². The predicted octanol–water partition coefficient (Wildman–Crippen LogP) is 4.42. The van der Waals surface area contributed by atoms with Crippen LogP contribution in [-0.4, -0.2) is 57.9 Å². The Hall–Kier alpha value is -3.65. The molecule has 8 heteroatoms. The highest BCUT2D eigenvalue weighted by Gasteiger charge is 2.26. The summed E-state index contributed by atoms with van der Waals surface area (Å²) in [5.41, 5.74) is 4.04. The van der Waals surface area contributed by atoms with E-state index < -0.39 is 0 Å².